The van der Waals surface area contributed by atoms with Crippen LogP contribution in [0.2, 0.25) is 0 Å². The number of ether oxygens (including phenoxy) is 6. The van der Waals surface area contributed by atoms with Crippen molar-refractivity contribution in [1.82, 2.24) is 5.32 Å². The lowest BCUT2D eigenvalue weighted by atomic mass is 9.96. The van der Waals surface area contributed by atoms with Crippen molar-refractivity contribution in [3.63, 3.8) is 0 Å². The van der Waals surface area contributed by atoms with Crippen LogP contribution in [-0.4, -0.2) is 193 Å². The number of aliphatic hydroxyl groups excluding tert-OH is 11. The van der Waals surface area contributed by atoms with Crippen molar-refractivity contribution < 1.29 is 89.4 Å². The lowest BCUT2D eigenvalue weighted by molar-refractivity contribution is -0.379. The first-order valence-electron chi connectivity index (χ1n) is 39.5. The van der Waals surface area contributed by atoms with Crippen LogP contribution in [-0.2, 0) is 33.2 Å². The molecule has 19 heteroatoms. The molecule has 3 aliphatic heterocycles. The summed E-state index contributed by atoms with van der Waals surface area (Å²) >= 11 is 0. The summed E-state index contributed by atoms with van der Waals surface area (Å²) in [6.45, 7) is 1.71. The van der Waals surface area contributed by atoms with Crippen LogP contribution in [0.25, 0.3) is 0 Å². The number of allylic oxidation sites excluding steroid dienone is 10. The maximum absolute atomic E-state index is 13.5. The van der Waals surface area contributed by atoms with E-state index in [4.69, 9.17) is 28.4 Å². The van der Waals surface area contributed by atoms with Crippen LogP contribution >= 0.6 is 0 Å². The van der Waals surface area contributed by atoms with Gasteiger partial charge in [0.05, 0.1) is 38.6 Å². The topological polar surface area (TPSA) is 307 Å². The van der Waals surface area contributed by atoms with E-state index in [1.165, 1.54) is 167 Å². The summed E-state index contributed by atoms with van der Waals surface area (Å²) < 4.78 is 34.5. The van der Waals surface area contributed by atoms with Crippen LogP contribution in [0.3, 0.4) is 0 Å². The fraction of sp³-hybridized carbons (Fsp3) is 0.861. The number of hydrogen-bond acceptors (Lipinski definition) is 18. The quantitative estimate of drug-likeness (QED) is 0.0199. The van der Waals surface area contributed by atoms with Gasteiger partial charge in [-0.15, -0.1) is 0 Å². The van der Waals surface area contributed by atoms with Gasteiger partial charge in [-0.25, -0.2) is 0 Å². The Morgan fingerprint density at radius 3 is 1.10 bits per heavy atom. The maximum atomic E-state index is 13.5. The van der Waals surface area contributed by atoms with Crippen LogP contribution in [0.5, 0.6) is 0 Å². The largest absolute Gasteiger partial charge is 0.394 e. The van der Waals surface area contributed by atoms with Gasteiger partial charge in [-0.3, -0.25) is 4.79 Å². The molecule has 17 atom stereocenters. The molecule has 0 aromatic heterocycles. The summed E-state index contributed by atoms with van der Waals surface area (Å²) in [5.41, 5.74) is 0. The average Bonchev–Trinajstić information content (AvgIpc) is 0.785. The van der Waals surface area contributed by atoms with Gasteiger partial charge in [0.25, 0.3) is 0 Å². The molecule has 3 aliphatic rings. The second kappa shape index (κ2) is 59.8. The maximum Gasteiger partial charge on any atom is 0.220 e. The third-order valence-electron chi connectivity index (χ3n) is 19.6. The van der Waals surface area contributed by atoms with E-state index in [9.17, 15) is 61.0 Å². The summed E-state index contributed by atoms with van der Waals surface area (Å²) in [4.78, 5) is 13.5. The minimum Gasteiger partial charge on any atom is -0.394 e. The number of unbranched alkanes of at least 4 members (excludes halogenated alkanes) is 36. The Labute approximate surface area is 592 Å². The standard InChI is InChI=1S/C79H143NO18/c1-3-5-7-9-11-13-15-17-19-21-23-25-27-28-29-30-31-32-33-35-36-38-40-42-44-46-48-50-52-54-56-63(84)62(80-67(85)57-55-53-51-49-47-45-43-41-39-37-34-26-24-22-20-18-16-14-12-10-8-6-4-2)61-93-77-73(91)70(88)75(65(59-82)95-77)98-79-74(92)71(89)76(66(60-83)96-79)97-78-72(90)69(87)68(86)64(58-81)94-78/h6,8,12,14,18,20,24,26,37,39,62-66,68-79,81-84,86-92H,3-5,7,9-11,13,15-17,19,21-23,25,27-36,38,40-61H2,1-2H3,(H,80,85)/b8-6-,14-12-,20-18-,26-24-,39-37-. The number of rotatable bonds is 62. The van der Waals surface area contributed by atoms with Crippen molar-refractivity contribution in [3.05, 3.63) is 60.8 Å². The highest BCUT2D eigenvalue weighted by Crippen LogP contribution is 2.33. The van der Waals surface area contributed by atoms with Gasteiger partial charge < -0.3 is 89.9 Å². The zero-order valence-corrected chi connectivity index (χ0v) is 61.0. The van der Waals surface area contributed by atoms with Crippen molar-refractivity contribution in [2.75, 3.05) is 26.4 Å². The van der Waals surface area contributed by atoms with Crippen molar-refractivity contribution >= 4 is 5.91 Å². The van der Waals surface area contributed by atoms with E-state index in [2.05, 4.69) is 79.9 Å². The molecule has 1 amide bonds. The molecule has 3 saturated heterocycles. The minimum absolute atomic E-state index is 0.251. The predicted molar refractivity (Wildman–Crippen MR) is 388 cm³/mol. The van der Waals surface area contributed by atoms with Gasteiger partial charge in [-0.2, -0.15) is 0 Å². The lowest BCUT2D eigenvalue weighted by Gasteiger charge is -2.48. The molecule has 98 heavy (non-hydrogen) atoms. The van der Waals surface area contributed by atoms with Crippen molar-refractivity contribution in [3.8, 4) is 0 Å². The molecule has 0 aromatic rings. The van der Waals surface area contributed by atoms with Crippen LogP contribution in [0.1, 0.15) is 303 Å². The molecule has 0 radical (unpaired) electrons. The fourth-order valence-corrected chi connectivity index (χ4v) is 13.3. The number of carbonyl (C=O) groups excluding carboxylic acids is 1. The predicted octanol–water partition coefficient (Wildman–Crippen LogP) is 12.7. The number of nitrogens with one attached hydrogen (secondary N) is 1. The second-order valence-corrected chi connectivity index (χ2v) is 28.2. The molecule has 0 spiro atoms. The van der Waals surface area contributed by atoms with Crippen LogP contribution in [0.4, 0.5) is 0 Å². The molecular weight excluding hydrogens is 1250 g/mol. The molecule has 19 nitrogen and oxygen atoms in total. The summed E-state index contributed by atoms with van der Waals surface area (Å²) in [5, 5.41) is 121. The zero-order valence-electron chi connectivity index (χ0n) is 61.0. The van der Waals surface area contributed by atoms with Gasteiger partial charge in [0.1, 0.15) is 73.2 Å². The Morgan fingerprint density at radius 2 is 0.704 bits per heavy atom. The highest BCUT2D eigenvalue weighted by Gasteiger charge is 2.54. The van der Waals surface area contributed by atoms with Gasteiger partial charge in [0, 0.05) is 6.42 Å². The summed E-state index contributed by atoms with van der Waals surface area (Å²) in [5.74, 6) is -0.252. The molecule has 0 bridgehead atoms. The first kappa shape index (κ1) is 89.7. The van der Waals surface area contributed by atoms with E-state index < -0.39 is 124 Å². The molecule has 0 aliphatic carbocycles. The average molecular weight is 1400 g/mol. The monoisotopic (exact) mass is 1390 g/mol. The molecule has 0 saturated carbocycles. The Balaban J connectivity index is 1.38. The lowest BCUT2D eigenvalue weighted by Crippen LogP contribution is -2.66. The van der Waals surface area contributed by atoms with Crippen molar-refractivity contribution in [2.24, 2.45) is 0 Å². The third kappa shape index (κ3) is 39.9. The minimum atomic E-state index is -1.98. The molecular formula is C79H143NO18. The first-order valence-corrected chi connectivity index (χ1v) is 39.5. The molecule has 572 valence electrons. The summed E-state index contributed by atoms with van der Waals surface area (Å²) in [7, 11) is 0. The molecule has 12 N–H and O–H groups in total. The highest BCUT2D eigenvalue weighted by molar-refractivity contribution is 5.76. The van der Waals surface area contributed by atoms with Crippen LogP contribution in [0, 0.1) is 0 Å². The SMILES string of the molecule is CC/C=C\C/C=C\C/C=C\C/C=C\C/C=C\CCCCCCCCCC(=O)NC(COC1OC(CO)C(OC2OC(CO)C(OC3OC(CO)C(O)C(O)C3O)C(O)C2O)C(O)C1O)C(O)CCCCCCCCCCCCCCCCCCCCCCCCCCCCCCCC. The van der Waals surface area contributed by atoms with Crippen molar-refractivity contribution in [1.29, 1.82) is 0 Å². The number of hydrogen-bond donors (Lipinski definition) is 12. The van der Waals surface area contributed by atoms with Gasteiger partial charge >= 0.3 is 0 Å². The highest BCUT2D eigenvalue weighted by atomic mass is 16.8. The van der Waals surface area contributed by atoms with E-state index in [0.717, 1.165) is 103 Å². The smallest absolute Gasteiger partial charge is 0.220 e. The molecule has 3 heterocycles. The number of carbonyl (C=O) groups is 1. The van der Waals surface area contributed by atoms with E-state index >= 15 is 0 Å². The fourth-order valence-electron chi connectivity index (χ4n) is 13.3. The van der Waals surface area contributed by atoms with E-state index in [1.54, 1.807) is 0 Å². The van der Waals surface area contributed by atoms with E-state index in [1.807, 2.05) is 0 Å². The Hall–Kier alpha value is -2.51. The summed E-state index contributed by atoms with van der Waals surface area (Å²) in [6.07, 6.45) is 48.8. The first-order chi connectivity index (χ1) is 47.8. The molecule has 17 unspecified atom stereocenters. The summed E-state index contributed by atoms with van der Waals surface area (Å²) in [6, 6.07) is -0.899. The van der Waals surface area contributed by atoms with Gasteiger partial charge in [0.15, 0.2) is 18.9 Å². The van der Waals surface area contributed by atoms with E-state index in [0.29, 0.717) is 12.8 Å². The molecule has 3 rings (SSSR count). The number of amides is 1. The van der Waals surface area contributed by atoms with E-state index in [-0.39, 0.29) is 18.9 Å². The Morgan fingerprint density at radius 1 is 0.378 bits per heavy atom. The zero-order chi connectivity index (χ0) is 71.1. The molecule has 3 fully saturated rings. The Bertz CT molecular complexity index is 2010. The van der Waals surface area contributed by atoms with Gasteiger partial charge in [-0.05, 0) is 57.8 Å². The van der Waals surface area contributed by atoms with Gasteiger partial charge in [-0.1, -0.05) is 299 Å². The second-order valence-electron chi connectivity index (χ2n) is 28.2. The van der Waals surface area contributed by atoms with Crippen LogP contribution in [0.15, 0.2) is 60.8 Å². The number of aliphatic hydroxyl groups is 11. The Kier molecular flexibility index (Phi) is 54.8. The van der Waals surface area contributed by atoms with Crippen molar-refractivity contribution in [2.45, 2.75) is 407 Å². The van der Waals surface area contributed by atoms with Crippen LogP contribution < -0.4 is 5.32 Å². The molecule has 0 aromatic carbocycles. The third-order valence-corrected chi connectivity index (χ3v) is 19.6. The van der Waals surface area contributed by atoms with Gasteiger partial charge in [0.2, 0.25) is 5.91 Å². The normalized spacial score (nSPS) is 27.1.